The van der Waals surface area contributed by atoms with Crippen LogP contribution in [0.25, 0.3) is 0 Å². The van der Waals surface area contributed by atoms with E-state index in [4.69, 9.17) is 28.6 Å². The molecule has 0 heterocycles. The summed E-state index contributed by atoms with van der Waals surface area (Å²) in [5.74, 6) is -0.508. The molecule has 0 aliphatic heterocycles. The first-order valence-corrected chi connectivity index (χ1v) is 9.89. The molecule has 0 atom stereocenters. The molecule has 0 unspecified atom stereocenters. The molecule has 8 nitrogen and oxygen atoms in total. The largest absolute Gasteiger partial charge is 0.482 e. The number of anilines is 1. The summed E-state index contributed by atoms with van der Waals surface area (Å²) in [5.41, 5.74) is 5.79. The Morgan fingerprint density at radius 3 is 2.40 bits per heavy atom. The van der Waals surface area contributed by atoms with Crippen molar-refractivity contribution in [2.24, 2.45) is 5.92 Å². The molecule has 1 fully saturated rings. The molecule has 3 rings (SSSR count). The zero-order valence-corrected chi connectivity index (χ0v) is 17.3. The molecule has 0 bridgehead atoms. The molecular formula is C20H19ClN4O4S. The van der Waals surface area contributed by atoms with Gasteiger partial charge in [-0.05, 0) is 61.5 Å². The minimum absolute atomic E-state index is 0.00604. The monoisotopic (exact) mass is 446 g/mol. The molecule has 10 heteroatoms. The first-order chi connectivity index (χ1) is 14.4. The van der Waals surface area contributed by atoms with Crippen LogP contribution in [0, 0.1) is 5.92 Å². The van der Waals surface area contributed by atoms with Crippen LogP contribution in [0.5, 0.6) is 5.75 Å². The number of halogens is 1. The molecular weight excluding hydrogens is 428 g/mol. The van der Waals surface area contributed by atoms with E-state index in [1.165, 1.54) is 0 Å². The van der Waals surface area contributed by atoms with Gasteiger partial charge in [-0.2, -0.15) is 0 Å². The normalized spacial score (nSPS) is 12.4. The van der Waals surface area contributed by atoms with Crippen molar-refractivity contribution in [3.05, 3.63) is 59.1 Å². The van der Waals surface area contributed by atoms with Crippen molar-refractivity contribution in [3.8, 4) is 5.75 Å². The van der Waals surface area contributed by atoms with Gasteiger partial charge in [-0.1, -0.05) is 23.7 Å². The lowest BCUT2D eigenvalue weighted by Crippen LogP contribution is -2.49. The second-order valence-electron chi connectivity index (χ2n) is 6.52. The zero-order valence-electron chi connectivity index (χ0n) is 15.7. The summed E-state index contributed by atoms with van der Waals surface area (Å²) < 4.78 is 5.30. The Labute approximate surface area is 183 Å². The second-order valence-corrected chi connectivity index (χ2v) is 7.33. The third-order valence-electron chi connectivity index (χ3n) is 4.10. The maximum absolute atomic E-state index is 12.2. The summed E-state index contributed by atoms with van der Waals surface area (Å²) in [5, 5.41) is 5.46. The van der Waals surface area contributed by atoms with Crippen molar-refractivity contribution in [2.75, 3.05) is 11.9 Å². The summed E-state index contributed by atoms with van der Waals surface area (Å²) >= 11 is 10.9. The van der Waals surface area contributed by atoms with Gasteiger partial charge in [0.2, 0.25) is 5.91 Å². The van der Waals surface area contributed by atoms with E-state index in [0.717, 1.165) is 12.8 Å². The topological polar surface area (TPSA) is 109 Å². The van der Waals surface area contributed by atoms with Gasteiger partial charge in [0.15, 0.2) is 11.7 Å². The van der Waals surface area contributed by atoms with Crippen molar-refractivity contribution in [3.63, 3.8) is 0 Å². The molecule has 2 aromatic carbocycles. The minimum atomic E-state index is -0.516. The van der Waals surface area contributed by atoms with Crippen molar-refractivity contribution >= 4 is 52.3 Å². The van der Waals surface area contributed by atoms with Gasteiger partial charge in [0.1, 0.15) is 5.75 Å². The standard InChI is InChI=1S/C20H19ClN4O4S/c21-15-3-1-2-4-16(15)29-11-17(26)23-20(30)25-24-19(28)13-7-9-14(10-8-13)22-18(27)12-5-6-12/h1-4,7-10,12H,5-6,11H2,(H,22,27)(H,24,28)(H2,23,25,26,30). The fourth-order valence-electron chi connectivity index (χ4n) is 2.38. The van der Waals surface area contributed by atoms with Gasteiger partial charge in [0.05, 0.1) is 5.02 Å². The van der Waals surface area contributed by atoms with E-state index >= 15 is 0 Å². The Morgan fingerprint density at radius 2 is 1.73 bits per heavy atom. The molecule has 3 amide bonds. The highest BCUT2D eigenvalue weighted by Crippen LogP contribution is 2.30. The lowest BCUT2D eigenvalue weighted by atomic mass is 10.2. The van der Waals surface area contributed by atoms with E-state index in [9.17, 15) is 14.4 Å². The highest BCUT2D eigenvalue weighted by Gasteiger charge is 2.29. The number of hydrogen-bond acceptors (Lipinski definition) is 5. The summed E-state index contributed by atoms with van der Waals surface area (Å²) in [6.45, 7) is -0.298. The van der Waals surface area contributed by atoms with Crippen LogP contribution in [0.3, 0.4) is 0 Å². The number of carbonyl (C=O) groups is 3. The third-order valence-corrected chi connectivity index (χ3v) is 4.62. The maximum Gasteiger partial charge on any atom is 0.269 e. The molecule has 30 heavy (non-hydrogen) atoms. The van der Waals surface area contributed by atoms with Gasteiger partial charge in [-0.3, -0.25) is 30.6 Å². The molecule has 2 aromatic rings. The van der Waals surface area contributed by atoms with Crippen molar-refractivity contribution < 1.29 is 19.1 Å². The summed E-state index contributed by atoms with van der Waals surface area (Å²) in [4.78, 5) is 35.8. The predicted octanol–water partition coefficient (Wildman–Crippen LogP) is 2.40. The van der Waals surface area contributed by atoms with E-state index in [-0.39, 0.29) is 23.5 Å². The van der Waals surface area contributed by atoms with Gasteiger partial charge >= 0.3 is 0 Å². The summed E-state index contributed by atoms with van der Waals surface area (Å²) in [7, 11) is 0. The number of thiocarbonyl (C=S) groups is 1. The molecule has 1 aliphatic rings. The molecule has 0 aromatic heterocycles. The summed E-state index contributed by atoms with van der Waals surface area (Å²) in [6.07, 6.45) is 1.83. The van der Waals surface area contributed by atoms with E-state index in [1.807, 2.05) is 0 Å². The van der Waals surface area contributed by atoms with Crippen molar-refractivity contribution in [1.82, 2.24) is 16.2 Å². The number of hydrogen-bond donors (Lipinski definition) is 4. The van der Waals surface area contributed by atoms with Crippen LogP contribution >= 0.6 is 23.8 Å². The Kier molecular flexibility index (Phi) is 7.21. The van der Waals surface area contributed by atoms with Crippen molar-refractivity contribution in [1.29, 1.82) is 0 Å². The predicted molar refractivity (Wildman–Crippen MR) is 116 cm³/mol. The zero-order chi connectivity index (χ0) is 21.5. The molecule has 0 radical (unpaired) electrons. The van der Waals surface area contributed by atoms with Crippen molar-refractivity contribution in [2.45, 2.75) is 12.8 Å². The Balaban J connectivity index is 1.39. The smallest absolute Gasteiger partial charge is 0.269 e. The maximum atomic E-state index is 12.2. The number of ether oxygens (including phenoxy) is 1. The quantitative estimate of drug-likeness (QED) is 0.401. The highest BCUT2D eigenvalue weighted by molar-refractivity contribution is 7.80. The lowest BCUT2D eigenvalue weighted by Gasteiger charge is -2.12. The molecule has 4 N–H and O–H groups in total. The van der Waals surface area contributed by atoms with Gasteiger partial charge in [-0.15, -0.1) is 0 Å². The SMILES string of the molecule is O=C(COc1ccccc1Cl)NC(=S)NNC(=O)c1ccc(NC(=O)C2CC2)cc1. The van der Waals surface area contributed by atoms with E-state index < -0.39 is 11.8 Å². The average Bonchev–Trinajstić information content (AvgIpc) is 3.57. The van der Waals surface area contributed by atoms with Crippen LogP contribution in [-0.4, -0.2) is 29.4 Å². The van der Waals surface area contributed by atoms with Gasteiger partial charge in [-0.25, -0.2) is 0 Å². The first-order valence-electron chi connectivity index (χ1n) is 9.11. The average molecular weight is 447 g/mol. The number of amides is 3. The highest BCUT2D eigenvalue weighted by atomic mass is 35.5. The van der Waals surface area contributed by atoms with Gasteiger partial charge in [0, 0.05) is 17.2 Å². The Bertz CT molecular complexity index is 964. The van der Waals surface area contributed by atoms with Crippen LogP contribution in [0.4, 0.5) is 5.69 Å². The molecule has 156 valence electrons. The Hall–Kier alpha value is -3.17. The van der Waals surface area contributed by atoms with Crippen LogP contribution in [0.2, 0.25) is 5.02 Å². The molecule has 1 saturated carbocycles. The third kappa shape index (κ3) is 6.43. The second kappa shape index (κ2) is 10.0. The van der Waals surface area contributed by atoms with Gasteiger partial charge < -0.3 is 10.1 Å². The number of carbonyl (C=O) groups excluding carboxylic acids is 3. The van der Waals surface area contributed by atoms with E-state index in [0.29, 0.717) is 22.0 Å². The lowest BCUT2D eigenvalue weighted by molar-refractivity contribution is -0.121. The fourth-order valence-corrected chi connectivity index (χ4v) is 2.73. The minimum Gasteiger partial charge on any atom is -0.482 e. The van der Waals surface area contributed by atoms with Gasteiger partial charge in [0.25, 0.3) is 11.8 Å². The number of rotatable bonds is 6. The van der Waals surface area contributed by atoms with E-state index in [1.54, 1.807) is 48.5 Å². The van der Waals surface area contributed by atoms with Crippen LogP contribution < -0.4 is 26.2 Å². The van der Waals surface area contributed by atoms with Crippen LogP contribution in [0.15, 0.2) is 48.5 Å². The number of hydrazine groups is 1. The number of nitrogens with one attached hydrogen (secondary N) is 4. The van der Waals surface area contributed by atoms with E-state index in [2.05, 4.69) is 21.5 Å². The Morgan fingerprint density at radius 1 is 1.03 bits per heavy atom. The number of benzene rings is 2. The molecule has 1 aliphatic carbocycles. The van der Waals surface area contributed by atoms with Crippen LogP contribution in [-0.2, 0) is 9.59 Å². The fraction of sp³-hybridized carbons (Fsp3) is 0.200. The first kappa shape index (κ1) is 21.5. The van der Waals surface area contributed by atoms with Crippen LogP contribution in [0.1, 0.15) is 23.2 Å². The molecule has 0 spiro atoms. The number of para-hydroxylation sites is 1. The molecule has 0 saturated heterocycles. The summed E-state index contributed by atoms with van der Waals surface area (Å²) in [6, 6.07) is 13.2.